The lowest BCUT2D eigenvalue weighted by atomic mass is 10.2. The molecule has 0 bridgehead atoms. The number of furan rings is 1. The number of aryl methyl sites for hydroxylation is 1. The Morgan fingerprint density at radius 2 is 1.94 bits per heavy atom. The zero-order chi connectivity index (χ0) is 22.0. The summed E-state index contributed by atoms with van der Waals surface area (Å²) in [6.07, 6.45) is 1.19. The molecule has 10 heteroatoms. The van der Waals surface area contributed by atoms with E-state index in [0.717, 1.165) is 11.3 Å². The fourth-order valence-electron chi connectivity index (χ4n) is 3.36. The van der Waals surface area contributed by atoms with Gasteiger partial charge in [-0.05, 0) is 36.8 Å². The molecule has 0 radical (unpaired) electrons. The third-order valence-electron chi connectivity index (χ3n) is 4.95. The SMILES string of the molecule is Cc1cccc(OCc2ccc(-c3nc(C#N)c(N4CCN(S(C)(=O)=O)CC4)o3)o2)c1. The van der Waals surface area contributed by atoms with Crippen molar-refractivity contribution in [1.82, 2.24) is 9.29 Å². The predicted molar refractivity (Wildman–Crippen MR) is 113 cm³/mol. The maximum Gasteiger partial charge on any atom is 0.266 e. The third-order valence-corrected chi connectivity index (χ3v) is 6.26. The van der Waals surface area contributed by atoms with Crippen molar-refractivity contribution >= 4 is 15.9 Å². The number of nitriles is 1. The molecule has 0 unspecified atom stereocenters. The van der Waals surface area contributed by atoms with Gasteiger partial charge < -0.3 is 18.5 Å². The van der Waals surface area contributed by atoms with Gasteiger partial charge in [-0.15, -0.1) is 0 Å². The van der Waals surface area contributed by atoms with Crippen molar-refractivity contribution in [3.05, 3.63) is 53.4 Å². The van der Waals surface area contributed by atoms with Gasteiger partial charge in [-0.3, -0.25) is 0 Å². The minimum absolute atomic E-state index is 0.136. The fraction of sp³-hybridized carbons (Fsp3) is 0.333. The number of hydrogen-bond acceptors (Lipinski definition) is 8. The van der Waals surface area contributed by atoms with Crippen LogP contribution in [0.15, 0.2) is 45.2 Å². The van der Waals surface area contributed by atoms with Crippen LogP contribution in [0.4, 0.5) is 5.88 Å². The maximum atomic E-state index is 11.7. The normalized spacial score (nSPS) is 15.1. The average molecular weight is 442 g/mol. The number of anilines is 1. The maximum absolute atomic E-state index is 11.7. The second kappa shape index (κ2) is 8.45. The van der Waals surface area contributed by atoms with Crippen molar-refractivity contribution in [3.8, 4) is 23.5 Å². The molecule has 1 saturated heterocycles. The Hall–Kier alpha value is -3.29. The van der Waals surface area contributed by atoms with E-state index in [4.69, 9.17) is 13.6 Å². The van der Waals surface area contributed by atoms with Crippen LogP contribution in [0, 0.1) is 18.3 Å². The molecule has 1 fully saturated rings. The minimum Gasteiger partial charge on any atom is -0.486 e. The number of sulfonamides is 1. The van der Waals surface area contributed by atoms with Gasteiger partial charge in [-0.2, -0.15) is 14.6 Å². The van der Waals surface area contributed by atoms with Gasteiger partial charge in [0.05, 0.1) is 6.26 Å². The zero-order valence-corrected chi connectivity index (χ0v) is 18.1. The molecule has 9 nitrogen and oxygen atoms in total. The lowest BCUT2D eigenvalue weighted by Gasteiger charge is -2.32. The first kappa shape index (κ1) is 21.0. The first-order chi connectivity index (χ1) is 14.8. The van der Waals surface area contributed by atoms with Crippen LogP contribution in [0.3, 0.4) is 0 Å². The van der Waals surface area contributed by atoms with E-state index in [-0.39, 0.29) is 18.2 Å². The highest BCUT2D eigenvalue weighted by atomic mass is 32.2. The summed E-state index contributed by atoms with van der Waals surface area (Å²) in [7, 11) is -3.24. The molecule has 0 atom stereocenters. The van der Waals surface area contributed by atoms with Crippen molar-refractivity contribution in [2.24, 2.45) is 0 Å². The quantitative estimate of drug-likeness (QED) is 0.573. The Kier molecular flexibility index (Phi) is 5.71. The molecule has 3 heterocycles. The second-order valence-corrected chi connectivity index (χ2v) is 9.29. The number of aromatic nitrogens is 1. The largest absolute Gasteiger partial charge is 0.486 e. The van der Waals surface area contributed by atoms with Crippen molar-refractivity contribution < 1.29 is 22.0 Å². The summed E-state index contributed by atoms with van der Waals surface area (Å²) >= 11 is 0. The summed E-state index contributed by atoms with van der Waals surface area (Å²) in [5, 5.41) is 9.47. The highest BCUT2D eigenvalue weighted by Gasteiger charge is 2.28. The van der Waals surface area contributed by atoms with E-state index in [1.165, 1.54) is 10.6 Å². The molecule has 31 heavy (non-hydrogen) atoms. The van der Waals surface area contributed by atoms with E-state index < -0.39 is 10.0 Å². The van der Waals surface area contributed by atoms with E-state index in [9.17, 15) is 13.7 Å². The monoisotopic (exact) mass is 442 g/mol. The smallest absolute Gasteiger partial charge is 0.266 e. The van der Waals surface area contributed by atoms with Crippen LogP contribution in [0.1, 0.15) is 17.0 Å². The van der Waals surface area contributed by atoms with E-state index in [1.807, 2.05) is 42.2 Å². The summed E-state index contributed by atoms with van der Waals surface area (Å²) in [6.45, 7) is 3.69. The Bertz CT molecular complexity index is 1220. The van der Waals surface area contributed by atoms with Crippen LogP contribution >= 0.6 is 0 Å². The number of nitrogens with zero attached hydrogens (tertiary/aromatic N) is 4. The molecule has 0 N–H and O–H groups in total. The molecule has 1 aromatic carbocycles. The van der Waals surface area contributed by atoms with Crippen LogP contribution in [0.25, 0.3) is 11.7 Å². The van der Waals surface area contributed by atoms with Gasteiger partial charge in [-0.1, -0.05) is 12.1 Å². The number of oxazole rings is 1. The van der Waals surface area contributed by atoms with Crippen molar-refractivity contribution in [1.29, 1.82) is 5.26 Å². The van der Waals surface area contributed by atoms with Crippen LogP contribution < -0.4 is 9.64 Å². The van der Waals surface area contributed by atoms with Gasteiger partial charge in [0.25, 0.3) is 5.89 Å². The van der Waals surface area contributed by atoms with Crippen LogP contribution in [-0.4, -0.2) is 50.1 Å². The molecule has 0 amide bonds. The Labute approximate surface area is 180 Å². The van der Waals surface area contributed by atoms with E-state index in [2.05, 4.69) is 4.98 Å². The molecule has 4 rings (SSSR count). The molecule has 162 valence electrons. The fourth-order valence-corrected chi connectivity index (χ4v) is 4.18. The molecule has 0 aliphatic carbocycles. The molecule has 0 spiro atoms. The number of benzene rings is 1. The average Bonchev–Trinajstić information content (AvgIpc) is 3.39. The van der Waals surface area contributed by atoms with E-state index >= 15 is 0 Å². The van der Waals surface area contributed by atoms with Crippen LogP contribution in [-0.2, 0) is 16.6 Å². The van der Waals surface area contributed by atoms with Gasteiger partial charge in [-0.25, -0.2) is 8.42 Å². The Balaban J connectivity index is 1.46. The minimum atomic E-state index is -3.24. The predicted octanol–water partition coefficient (Wildman–Crippen LogP) is 2.78. The van der Waals surface area contributed by atoms with Crippen molar-refractivity contribution in [2.45, 2.75) is 13.5 Å². The van der Waals surface area contributed by atoms with Gasteiger partial charge in [0.15, 0.2) is 5.76 Å². The summed E-state index contributed by atoms with van der Waals surface area (Å²) in [5.41, 5.74) is 1.24. The highest BCUT2D eigenvalue weighted by molar-refractivity contribution is 7.88. The van der Waals surface area contributed by atoms with Crippen molar-refractivity contribution in [3.63, 3.8) is 0 Å². The Morgan fingerprint density at radius 1 is 1.16 bits per heavy atom. The second-order valence-electron chi connectivity index (χ2n) is 7.30. The first-order valence-electron chi connectivity index (χ1n) is 9.73. The number of ether oxygens (including phenoxy) is 1. The summed E-state index contributed by atoms with van der Waals surface area (Å²) in [5.74, 6) is 2.24. The Morgan fingerprint density at radius 3 is 2.61 bits per heavy atom. The first-order valence-corrected chi connectivity index (χ1v) is 11.6. The zero-order valence-electron chi connectivity index (χ0n) is 17.2. The van der Waals surface area contributed by atoms with Crippen LogP contribution in [0.2, 0.25) is 0 Å². The molecule has 0 saturated carbocycles. The van der Waals surface area contributed by atoms with E-state index in [0.29, 0.717) is 43.6 Å². The number of piperazine rings is 1. The summed E-state index contributed by atoms with van der Waals surface area (Å²) < 4.78 is 42.2. The van der Waals surface area contributed by atoms with E-state index in [1.54, 1.807) is 12.1 Å². The van der Waals surface area contributed by atoms with Crippen molar-refractivity contribution in [2.75, 3.05) is 37.3 Å². The molecular weight excluding hydrogens is 420 g/mol. The van der Waals surface area contributed by atoms with Gasteiger partial charge in [0.1, 0.15) is 24.2 Å². The molecule has 1 aliphatic heterocycles. The third kappa shape index (κ3) is 4.73. The number of rotatable bonds is 6. The molecular formula is C21H22N4O5S. The molecule has 2 aromatic heterocycles. The summed E-state index contributed by atoms with van der Waals surface area (Å²) in [6, 6.07) is 13.3. The van der Waals surface area contributed by atoms with Gasteiger partial charge >= 0.3 is 0 Å². The topological polar surface area (TPSA) is 113 Å². The highest BCUT2D eigenvalue weighted by Crippen LogP contribution is 2.30. The lowest BCUT2D eigenvalue weighted by molar-refractivity contribution is 0.271. The van der Waals surface area contributed by atoms with Gasteiger partial charge in [0, 0.05) is 26.2 Å². The summed E-state index contributed by atoms with van der Waals surface area (Å²) in [4.78, 5) is 6.07. The molecule has 3 aromatic rings. The molecule has 1 aliphatic rings. The lowest BCUT2D eigenvalue weighted by Crippen LogP contribution is -2.48. The number of hydrogen-bond donors (Lipinski definition) is 0. The standard InChI is InChI=1S/C21H22N4O5S/c1-15-4-3-5-16(12-15)28-14-17-6-7-19(29-17)20-23-18(13-22)21(30-20)24-8-10-25(11-9-24)31(2,26)27/h3-7,12H,8-11,14H2,1-2H3. The van der Waals surface area contributed by atoms with Gasteiger partial charge in [0.2, 0.25) is 21.6 Å². The van der Waals surface area contributed by atoms with Crippen LogP contribution in [0.5, 0.6) is 5.75 Å².